The highest BCUT2D eigenvalue weighted by Gasteiger charge is 2.29. The molecule has 3 heteroatoms. The summed E-state index contributed by atoms with van der Waals surface area (Å²) in [7, 11) is 0. The predicted molar refractivity (Wildman–Crippen MR) is 82.6 cm³/mol. The van der Waals surface area contributed by atoms with Crippen LogP contribution in [0.25, 0.3) is 0 Å². The van der Waals surface area contributed by atoms with Gasteiger partial charge in [-0.05, 0) is 24.7 Å². The number of hydrogen-bond donors (Lipinski definition) is 1. The van der Waals surface area contributed by atoms with Gasteiger partial charge in [0.05, 0.1) is 6.61 Å². The lowest BCUT2D eigenvalue weighted by Crippen LogP contribution is -2.58. The number of rotatable bonds is 8. The van der Waals surface area contributed by atoms with Crippen LogP contribution in [0.5, 0.6) is 0 Å². The maximum absolute atomic E-state index is 5.67. The third-order valence-corrected chi connectivity index (χ3v) is 3.98. The maximum Gasteiger partial charge on any atom is 0.0593 e. The topological polar surface area (TPSA) is 24.5 Å². The molecule has 0 aliphatic carbocycles. The van der Waals surface area contributed by atoms with E-state index in [0.29, 0.717) is 18.0 Å². The molecule has 0 spiro atoms. The van der Waals surface area contributed by atoms with Crippen molar-refractivity contribution in [1.82, 2.24) is 10.2 Å². The van der Waals surface area contributed by atoms with E-state index in [1.165, 1.54) is 13.0 Å². The first-order chi connectivity index (χ1) is 9.04. The van der Waals surface area contributed by atoms with Crippen molar-refractivity contribution in [2.24, 2.45) is 11.8 Å². The predicted octanol–water partition coefficient (Wildman–Crippen LogP) is 2.76. The number of ether oxygens (including phenoxy) is 1. The van der Waals surface area contributed by atoms with Crippen LogP contribution in [-0.4, -0.2) is 49.8 Å². The van der Waals surface area contributed by atoms with Gasteiger partial charge in [0.15, 0.2) is 0 Å². The lowest BCUT2D eigenvalue weighted by molar-refractivity contribution is 0.0522. The van der Waals surface area contributed by atoms with E-state index in [4.69, 9.17) is 4.74 Å². The Kier molecular flexibility index (Phi) is 7.96. The number of nitrogens with zero attached hydrogens (tertiary/aromatic N) is 1. The number of hydrogen-bond acceptors (Lipinski definition) is 3. The highest BCUT2D eigenvalue weighted by atomic mass is 16.5. The molecule has 19 heavy (non-hydrogen) atoms. The van der Waals surface area contributed by atoms with E-state index < -0.39 is 0 Å². The average Bonchev–Trinajstić information content (AvgIpc) is 2.35. The third-order valence-electron chi connectivity index (χ3n) is 3.98. The van der Waals surface area contributed by atoms with Crippen LogP contribution in [0.2, 0.25) is 0 Å². The molecule has 3 nitrogen and oxygen atoms in total. The molecule has 0 aromatic rings. The van der Waals surface area contributed by atoms with Crippen LogP contribution in [0.3, 0.4) is 0 Å². The molecular formula is C16H34N2O. The molecule has 1 fully saturated rings. The Labute approximate surface area is 120 Å². The molecule has 114 valence electrons. The van der Waals surface area contributed by atoms with Crippen LogP contribution in [0.15, 0.2) is 0 Å². The smallest absolute Gasteiger partial charge is 0.0593 e. The minimum absolute atomic E-state index is 0.634. The van der Waals surface area contributed by atoms with Crippen LogP contribution in [0, 0.1) is 11.8 Å². The number of piperazine rings is 1. The molecule has 1 N–H and O–H groups in total. The Morgan fingerprint density at radius 2 is 1.95 bits per heavy atom. The molecule has 1 saturated heterocycles. The van der Waals surface area contributed by atoms with Crippen molar-refractivity contribution in [1.29, 1.82) is 0 Å². The molecule has 1 heterocycles. The fourth-order valence-corrected chi connectivity index (χ4v) is 2.81. The summed E-state index contributed by atoms with van der Waals surface area (Å²) in [5.74, 6) is 1.47. The fraction of sp³-hybridized carbons (Fsp3) is 1.00. The standard InChI is InChI=1S/C16H34N2O/c1-6-8-19-9-7-18-12-16(14(4)5)17-11-15(18)10-13(2)3/h13-17H,6-12H2,1-5H3. The Morgan fingerprint density at radius 3 is 2.53 bits per heavy atom. The molecule has 0 bridgehead atoms. The molecule has 0 radical (unpaired) electrons. The van der Waals surface area contributed by atoms with Crippen LogP contribution in [-0.2, 0) is 4.74 Å². The van der Waals surface area contributed by atoms with E-state index in [1.54, 1.807) is 0 Å². The van der Waals surface area contributed by atoms with Gasteiger partial charge in [0, 0.05) is 38.3 Å². The van der Waals surface area contributed by atoms with Gasteiger partial charge in [-0.1, -0.05) is 34.6 Å². The van der Waals surface area contributed by atoms with Gasteiger partial charge in [0.25, 0.3) is 0 Å². The zero-order valence-electron chi connectivity index (χ0n) is 13.6. The van der Waals surface area contributed by atoms with Crippen molar-refractivity contribution in [3.8, 4) is 0 Å². The summed E-state index contributed by atoms with van der Waals surface area (Å²) in [4.78, 5) is 2.65. The summed E-state index contributed by atoms with van der Waals surface area (Å²) in [6.45, 7) is 16.6. The molecule has 0 saturated carbocycles. The van der Waals surface area contributed by atoms with E-state index >= 15 is 0 Å². The van der Waals surface area contributed by atoms with Crippen molar-refractivity contribution in [2.45, 2.75) is 59.5 Å². The largest absolute Gasteiger partial charge is 0.380 e. The maximum atomic E-state index is 5.67. The summed E-state index contributed by atoms with van der Waals surface area (Å²) in [5.41, 5.74) is 0. The van der Waals surface area contributed by atoms with Gasteiger partial charge >= 0.3 is 0 Å². The lowest BCUT2D eigenvalue weighted by atomic mass is 9.95. The first-order valence-electron chi connectivity index (χ1n) is 8.09. The van der Waals surface area contributed by atoms with Crippen molar-refractivity contribution in [3.05, 3.63) is 0 Å². The van der Waals surface area contributed by atoms with E-state index in [0.717, 1.165) is 38.6 Å². The highest BCUT2D eigenvalue weighted by Crippen LogP contribution is 2.18. The Balaban J connectivity index is 2.45. The summed E-state index contributed by atoms with van der Waals surface area (Å²) < 4.78 is 5.67. The minimum atomic E-state index is 0.634. The van der Waals surface area contributed by atoms with Gasteiger partial charge in [0.1, 0.15) is 0 Å². The first-order valence-corrected chi connectivity index (χ1v) is 8.09. The highest BCUT2D eigenvalue weighted by molar-refractivity contribution is 4.87. The summed E-state index contributed by atoms with van der Waals surface area (Å²) in [6, 6.07) is 1.31. The molecule has 0 amide bonds. The molecule has 0 aromatic carbocycles. The van der Waals surface area contributed by atoms with Crippen LogP contribution in [0.4, 0.5) is 0 Å². The molecule has 1 aliphatic heterocycles. The molecule has 2 unspecified atom stereocenters. The quantitative estimate of drug-likeness (QED) is 0.686. The van der Waals surface area contributed by atoms with Gasteiger partial charge in [0.2, 0.25) is 0 Å². The molecule has 0 aromatic heterocycles. The van der Waals surface area contributed by atoms with Crippen molar-refractivity contribution < 1.29 is 4.74 Å². The van der Waals surface area contributed by atoms with Gasteiger partial charge in [-0.25, -0.2) is 0 Å². The van der Waals surface area contributed by atoms with Crippen LogP contribution in [0.1, 0.15) is 47.5 Å². The van der Waals surface area contributed by atoms with Crippen molar-refractivity contribution in [2.75, 3.05) is 32.8 Å². The van der Waals surface area contributed by atoms with E-state index in [9.17, 15) is 0 Å². The zero-order valence-corrected chi connectivity index (χ0v) is 13.6. The first kappa shape index (κ1) is 16.9. The van der Waals surface area contributed by atoms with Gasteiger partial charge in [-0.15, -0.1) is 0 Å². The average molecular weight is 270 g/mol. The zero-order chi connectivity index (χ0) is 14.3. The van der Waals surface area contributed by atoms with E-state index in [1.807, 2.05) is 0 Å². The summed E-state index contributed by atoms with van der Waals surface area (Å²) >= 11 is 0. The fourth-order valence-electron chi connectivity index (χ4n) is 2.81. The third kappa shape index (κ3) is 6.24. The molecule has 1 aliphatic rings. The van der Waals surface area contributed by atoms with Gasteiger partial charge in [-0.2, -0.15) is 0 Å². The van der Waals surface area contributed by atoms with Crippen molar-refractivity contribution >= 4 is 0 Å². The number of nitrogens with one attached hydrogen (secondary N) is 1. The Hall–Kier alpha value is -0.120. The molecular weight excluding hydrogens is 236 g/mol. The SMILES string of the molecule is CCCOCCN1CC(C(C)C)NCC1CC(C)C. The van der Waals surface area contributed by atoms with E-state index in [2.05, 4.69) is 44.8 Å². The lowest BCUT2D eigenvalue weighted by Gasteiger charge is -2.42. The minimum Gasteiger partial charge on any atom is -0.380 e. The van der Waals surface area contributed by atoms with Crippen molar-refractivity contribution in [3.63, 3.8) is 0 Å². The monoisotopic (exact) mass is 270 g/mol. The molecule has 1 rings (SSSR count). The Morgan fingerprint density at radius 1 is 1.21 bits per heavy atom. The Bertz CT molecular complexity index is 231. The second-order valence-corrected chi connectivity index (χ2v) is 6.65. The normalized spacial score (nSPS) is 25.4. The van der Waals surface area contributed by atoms with Crippen LogP contribution < -0.4 is 5.32 Å². The van der Waals surface area contributed by atoms with Gasteiger partial charge in [-0.3, -0.25) is 4.90 Å². The summed E-state index contributed by atoms with van der Waals surface area (Å²) in [6.07, 6.45) is 2.40. The van der Waals surface area contributed by atoms with Gasteiger partial charge < -0.3 is 10.1 Å². The van der Waals surface area contributed by atoms with E-state index in [-0.39, 0.29) is 0 Å². The molecule has 2 atom stereocenters. The second-order valence-electron chi connectivity index (χ2n) is 6.65. The second kappa shape index (κ2) is 8.93. The summed E-state index contributed by atoms with van der Waals surface area (Å²) in [5, 5.41) is 3.72. The van der Waals surface area contributed by atoms with Crippen LogP contribution >= 0.6 is 0 Å².